The second-order valence-corrected chi connectivity index (χ2v) is 7.24. The van der Waals surface area contributed by atoms with E-state index in [1.807, 2.05) is 0 Å². The average Bonchev–Trinajstić information content (AvgIpc) is 2.57. The molecule has 0 aromatic carbocycles. The van der Waals surface area contributed by atoms with Gasteiger partial charge in [0.05, 0.1) is 5.69 Å². The largest absolute Gasteiger partial charge is 0.381 e. The summed E-state index contributed by atoms with van der Waals surface area (Å²) >= 11 is 0. The van der Waals surface area contributed by atoms with Gasteiger partial charge < -0.3 is 5.73 Å². The molecular weight excluding hydrogens is 276 g/mol. The van der Waals surface area contributed by atoms with Gasteiger partial charge in [-0.2, -0.15) is 5.10 Å². The van der Waals surface area contributed by atoms with Crippen molar-refractivity contribution in [1.82, 2.24) is 14.5 Å². The Balaban J connectivity index is 2.17. The minimum Gasteiger partial charge on any atom is -0.381 e. The molecule has 0 atom stereocenters. The molecule has 20 heavy (non-hydrogen) atoms. The first-order chi connectivity index (χ1) is 9.42. The second kappa shape index (κ2) is 6.13. The lowest BCUT2D eigenvalue weighted by Gasteiger charge is -2.20. The average molecular weight is 300 g/mol. The molecule has 1 aromatic rings. The maximum Gasteiger partial charge on any atom is 0.246 e. The van der Waals surface area contributed by atoms with Crippen LogP contribution in [0.25, 0.3) is 0 Å². The Morgan fingerprint density at radius 3 is 2.25 bits per heavy atom. The molecule has 1 fully saturated rings. The monoisotopic (exact) mass is 300 g/mol. The number of aromatic nitrogens is 2. The molecule has 1 aromatic heterocycles. The summed E-state index contributed by atoms with van der Waals surface area (Å²) in [6.45, 7) is 1.72. The van der Waals surface area contributed by atoms with Gasteiger partial charge >= 0.3 is 0 Å². The fraction of sp³-hybridized carbons (Fsp3) is 0.769. The number of aryl methyl sites for hydroxylation is 1. The van der Waals surface area contributed by atoms with Crippen molar-refractivity contribution < 1.29 is 8.42 Å². The summed E-state index contributed by atoms with van der Waals surface area (Å²) in [5.41, 5.74) is 6.31. The van der Waals surface area contributed by atoms with Crippen molar-refractivity contribution in [3.05, 3.63) is 5.69 Å². The number of hydrogen-bond donors (Lipinski definition) is 2. The fourth-order valence-electron chi connectivity index (χ4n) is 2.80. The number of anilines is 1. The molecule has 0 radical (unpaired) electrons. The van der Waals surface area contributed by atoms with Gasteiger partial charge in [0, 0.05) is 13.1 Å². The van der Waals surface area contributed by atoms with Gasteiger partial charge in [0.2, 0.25) is 10.0 Å². The van der Waals surface area contributed by atoms with Gasteiger partial charge in [-0.25, -0.2) is 13.1 Å². The molecule has 0 aliphatic heterocycles. The van der Waals surface area contributed by atoms with Crippen LogP contribution < -0.4 is 10.5 Å². The first kappa shape index (κ1) is 15.3. The summed E-state index contributed by atoms with van der Waals surface area (Å²) < 4.78 is 29.3. The highest BCUT2D eigenvalue weighted by Gasteiger charge is 2.27. The smallest absolute Gasteiger partial charge is 0.246 e. The number of nitrogens with two attached hydrogens (primary N) is 1. The van der Waals surface area contributed by atoms with Crippen LogP contribution in [0.15, 0.2) is 4.90 Å². The number of nitrogen functional groups attached to an aromatic ring is 1. The van der Waals surface area contributed by atoms with Crippen molar-refractivity contribution in [3.8, 4) is 0 Å². The Labute approximate surface area is 120 Å². The lowest BCUT2D eigenvalue weighted by Crippen LogP contribution is -2.35. The highest BCUT2D eigenvalue weighted by atomic mass is 32.2. The van der Waals surface area contributed by atoms with Gasteiger partial charge in [-0.3, -0.25) is 4.68 Å². The first-order valence-electron chi connectivity index (χ1n) is 7.23. The first-order valence-corrected chi connectivity index (χ1v) is 8.71. The molecule has 0 unspecified atom stereocenters. The van der Waals surface area contributed by atoms with E-state index in [-0.39, 0.29) is 16.8 Å². The predicted molar refractivity (Wildman–Crippen MR) is 78.8 cm³/mol. The maximum absolute atomic E-state index is 12.5. The zero-order valence-electron chi connectivity index (χ0n) is 12.2. The van der Waals surface area contributed by atoms with E-state index in [1.165, 1.54) is 23.9 Å². The minimum atomic E-state index is -3.59. The summed E-state index contributed by atoms with van der Waals surface area (Å²) in [4.78, 5) is 0.127. The number of rotatable bonds is 3. The van der Waals surface area contributed by atoms with E-state index in [2.05, 4.69) is 9.82 Å². The minimum absolute atomic E-state index is 0.0132. The van der Waals surface area contributed by atoms with Crippen LogP contribution in [-0.2, 0) is 17.1 Å². The molecular formula is C13H24N4O2S. The van der Waals surface area contributed by atoms with Gasteiger partial charge in [-0.1, -0.05) is 32.1 Å². The van der Waals surface area contributed by atoms with Gasteiger partial charge in [0.25, 0.3) is 0 Å². The molecule has 114 valence electrons. The molecule has 0 amide bonds. The Bertz CT molecular complexity index is 557. The summed E-state index contributed by atoms with van der Waals surface area (Å²) in [7, 11) is -1.89. The molecule has 7 heteroatoms. The van der Waals surface area contributed by atoms with E-state index in [4.69, 9.17) is 5.73 Å². The Morgan fingerprint density at radius 1 is 1.20 bits per heavy atom. The van der Waals surface area contributed by atoms with E-state index in [9.17, 15) is 8.42 Å². The Hall–Kier alpha value is -1.08. The number of hydrogen-bond acceptors (Lipinski definition) is 4. The lowest BCUT2D eigenvalue weighted by molar-refractivity contribution is 0.426. The lowest BCUT2D eigenvalue weighted by atomic mass is 9.97. The van der Waals surface area contributed by atoms with Crippen LogP contribution in [0.2, 0.25) is 0 Å². The van der Waals surface area contributed by atoms with Crippen LogP contribution in [0.5, 0.6) is 0 Å². The molecule has 2 rings (SSSR count). The summed E-state index contributed by atoms with van der Waals surface area (Å²) in [5, 5.41) is 3.98. The molecule has 0 bridgehead atoms. The second-order valence-electron chi connectivity index (χ2n) is 5.59. The molecule has 6 nitrogen and oxygen atoms in total. The molecule has 1 saturated carbocycles. The van der Waals surface area contributed by atoms with E-state index >= 15 is 0 Å². The fourth-order valence-corrected chi connectivity index (χ4v) is 4.43. The SMILES string of the molecule is Cc1c(S(=O)(=O)NC2CCCCCCC2)c(N)nn1C. The highest BCUT2D eigenvalue weighted by molar-refractivity contribution is 7.89. The third kappa shape index (κ3) is 3.32. The summed E-state index contributed by atoms with van der Waals surface area (Å²) in [6, 6.07) is 0.0132. The van der Waals surface area contributed by atoms with E-state index in [0.29, 0.717) is 5.69 Å². The van der Waals surface area contributed by atoms with Crippen molar-refractivity contribution in [3.63, 3.8) is 0 Å². The topological polar surface area (TPSA) is 90.0 Å². The third-order valence-electron chi connectivity index (χ3n) is 4.00. The molecule has 1 aliphatic carbocycles. The van der Waals surface area contributed by atoms with Gasteiger partial charge in [-0.15, -0.1) is 0 Å². The van der Waals surface area contributed by atoms with E-state index in [0.717, 1.165) is 25.7 Å². The van der Waals surface area contributed by atoms with Crippen LogP contribution in [0, 0.1) is 6.92 Å². The van der Waals surface area contributed by atoms with Crippen LogP contribution in [0.4, 0.5) is 5.82 Å². The molecule has 3 N–H and O–H groups in total. The Kier molecular flexibility index (Phi) is 4.70. The van der Waals surface area contributed by atoms with Crippen LogP contribution in [-0.4, -0.2) is 24.2 Å². The van der Waals surface area contributed by atoms with Crippen molar-refractivity contribution in [1.29, 1.82) is 0 Å². The van der Waals surface area contributed by atoms with Crippen LogP contribution in [0.3, 0.4) is 0 Å². The van der Waals surface area contributed by atoms with Crippen molar-refractivity contribution in [2.24, 2.45) is 7.05 Å². The summed E-state index contributed by atoms with van der Waals surface area (Å²) in [6.07, 6.45) is 7.59. The number of nitrogens with one attached hydrogen (secondary N) is 1. The van der Waals surface area contributed by atoms with E-state index < -0.39 is 10.0 Å². The van der Waals surface area contributed by atoms with Gasteiger partial charge in [0.15, 0.2) is 5.82 Å². The molecule has 0 spiro atoms. The van der Waals surface area contributed by atoms with Crippen LogP contribution in [0.1, 0.15) is 50.6 Å². The van der Waals surface area contributed by atoms with Gasteiger partial charge in [0.1, 0.15) is 4.90 Å². The zero-order chi connectivity index (χ0) is 14.8. The molecule has 0 saturated heterocycles. The van der Waals surface area contributed by atoms with Crippen molar-refractivity contribution >= 4 is 15.8 Å². The third-order valence-corrected chi connectivity index (χ3v) is 5.69. The quantitative estimate of drug-likeness (QED) is 0.889. The number of sulfonamides is 1. The number of nitrogens with zero attached hydrogens (tertiary/aromatic N) is 2. The Morgan fingerprint density at radius 2 is 1.75 bits per heavy atom. The molecule has 1 heterocycles. The summed E-state index contributed by atoms with van der Waals surface area (Å²) in [5.74, 6) is 0.0725. The normalized spacial score (nSPS) is 18.7. The standard InChI is InChI=1S/C13H24N4O2S/c1-10-12(13(14)15-17(10)2)20(18,19)16-11-8-6-4-3-5-7-9-11/h11,16H,3-9H2,1-2H3,(H2,14,15). The van der Waals surface area contributed by atoms with Crippen LogP contribution >= 0.6 is 0 Å². The van der Waals surface area contributed by atoms with Gasteiger partial charge in [-0.05, 0) is 19.8 Å². The highest BCUT2D eigenvalue weighted by Crippen LogP contribution is 2.23. The van der Waals surface area contributed by atoms with E-state index in [1.54, 1.807) is 14.0 Å². The molecule has 1 aliphatic rings. The predicted octanol–water partition coefficient (Wildman–Crippen LogP) is 1.70. The van der Waals surface area contributed by atoms with Crippen molar-refractivity contribution in [2.45, 2.75) is 62.8 Å². The maximum atomic E-state index is 12.5. The van der Waals surface area contributed by atoms with Crippen molar-refractivity contribution in [2.75, 3.05) is 5.73 Å². The zero-order valence-corrected chi connectivity index (χ0v) is 13.0.